The number of carbonyl (C=O) groups is 1. The lowest BCUT2D eigenvalue weighted by atomic mass is 10.1. The molecule has 1 aromatic heterocycles. The van der Waals surface area contributed by atoms with Crippen LogP contribution in [0.1, 0.15) is 25.5 Å². The van der Waals surface area contributed by atoms with Crippen molar-refractivity contribution in [3.8, 4) is 0 Å². The van der Waals surface area contributed by atoms with E-state index in [0.29, 0.717) is 5.88 Å². The van der Waals surface area contributed by atoms with Gasteiger partial charge in [0.2, 0.25) is 5.91 Å². The van der Waals surface area contributed by atoms with Crippen molar-refractivity contribution in [3.05, 3.63) is 30.1 Å². The summed E-state index contributed by atoms with van der Waals surface area (Å²) in [5.74, 6) is 0.280. The quantitative estimate of drug-likeness (QED) is 0.758. The lowest BCUT2D eigenvalue weighted by Gasteiger charge is -2.27. The second-order valence-electron chi connectivity index (χ2n) is 3.96. The summed E-state index contributed by atoms with van der Waals surface area (Å²) >= 11 is 5.68. The molecule has 0 aromatic carbocycles. The maximum atomic E-state index is 11.9. The maximum absolute atomic E-state index is 11.9. The number of hydrogen-bond donors (Lipinski definition) is 0. The van der Waals surface area contributed by atoms with E-state index in [2.05, 4.69) is 4.98 Å². The van der Waals surface area contributed by atoms with Crippen molar-refractivity contribution in [2.45, 2.75) is 19.9 Å². The van der Waals surface area contributed by atoms with Crippen molar-refractivity contribution in [1.82, 2.24) is 9.88 Å². The average Bonchev–Trinajstić information content (AvgIpc) is 2.36. The zero-order valence-corrected chi connectivity index (χ0v) is 10.6. The Morgan fingerprint density at radius 1 is 1.44 bits per heavy atom. The number of nitrogens with zero attached hydrogens (tertiary/aromatic N) is 2. The third kappa shape index (κ3) is 2.95. The predicted molar refractivity (Wildman–Crippen MR) is 65.3 cm³/mol. The van der Waals surface area contributed by atoms with Gasteiger partial charge in [0.05, 0.1) is 6.04 Å². The van der Waals surface area contributed by atoms with Gasteiger partial charge in [0.25, 0.3) is 0 Å². The molecule has 1 aromatic rings. The molecule has 0 fully saturated rings. The van der Waals surface area contributed by atoms with Crippen LogP contribution in [0.5, 0.6) is 0 Å². The van der Waals surface area contributed by atoms with E-state index in [1.807, 2.05) is 26.0 Å². The molecule has 0 saturated carbocycles. The summed E-state index contributed by atoms with van der Waals surface area (Å²) in [4.78, 5) is 17.6. The molecule has 4 heteroatoms. The highest BCUT2D eigenvalue weighted by Crippen LogP contribution is 2.19. The first-order valence-corrected chi connectivity index (χ1v) is 5.84. The molecule has 0 aliphatic heterocycles. The molecule has 1 amide bonds. The molecule has 1 heterocycles. The minimum absolute atomic E-state index is 0.0427. The number of carbonyl (C=O) groups excluding carboxylic acids is 1. The van der Waals surface area contributed by atoms with Crippen LogP contribution in [0.2, 0.25) is 0 Å². The molecule has 2 unspecified atom stereocenters. The lowest BCUT2D eigenvalue weighted by Crippen LogP contribution is -2.34. The third-order valence-electron chi connectivity index (χ3n) is 2.77. The Morgan fingerprint density at radius 2 is 2.00 bits per heavy atom. The van der Waals surface area contributed by atoms with E-state index >= 15 is 0 Å². The van der Waals surface area contributed by atoms with Gasteiger partial charge in [-0.3, -0.25) is 9.78 Å². The van der Waals surface area contributed by atoms with E-state index in [1.165, 1.54) is 0 Å². The SMILES string of the molecule is CC(CCl)C(=O)N(C)C(C)c1ccncc1. The van der Waals surface area contributed by atoms with Crippen LogP contribution in [0.3, 0.4) is 0 Å². The summed E-state index contributed by atoms with van der Waals surface area (Å²) in [6.45, 7) is 3.83. The van der Waals surface area contributed by atoms with Crippen LogP contribution in [0, 0.1) is 5.92 Å². The van der Waals surface area contributed by atoms with E-state index in [-0.39, 0.29) is 17.9 Å². The molecular formula is C12H17ClN2O. The van der Waals surface area contributed by atoms with Crippen molar-refractivity contribution in [2.24, 2.45) is 5.92 Å². The van der Waals surface area contributed by atoms with E-state index in [0.717, 1.165) is 5.56 Å². The molecule has 3 nitrogen and oxygen atoms in total. The summed E-state index contributed by atoms with van der Waals surface area (Å²) in [6, 6.07) is 3.88. The summed E-state index contributed by atoms with van der Waals surface area (Å²) < 4.78 is 0. The Morgan fingerprint density at radius 3 is 2.50 bits per heavy atom. The minimum Gasteiger partial charge on any atom is -0.339 e. The summed E-state index contributed by atoms with van der Waals surface area (Å²) in [6.07, 6.45) is 3.46. The van der Waals surface area contributed by atoms with Gasteiger partial charge in [-0.25, -0.2) is 0 Å². The molecule has 0 radical (unpaired) electrons. The predicted octanol–water partition coefficient (Wildman–Crippen LogP) is 2.48. The van der Waals surface area contributed by atoms with Crippen molar-refractivity contribution >= 4 is 17.5 Å². The number of rotatable bonds is 4. The lowest BCUT2D eigenvalue weighted by molar-refractivity contribution is -0.134. The Bertz CT molecular complexity index is 342. The van der Waals surface area contributed by atoms with Crippen LogP contribution in [-0.4, -0.2) is 28.7 Å². The van der Waals surface area contributed by atoms with E-state index < -0.39 is 0 Å². The number of hydrogen-bond acceptors (Lipinski definition) is 2. The number of pyridine rings is 1. The van der Waals surface area contributed by atoms with Crippen LogP contribution in [0.25, 0.3) is 0 Å². The molecule has 88 valence electrons. The van der Waals surface area contributed by atoms with Crippen LogP contribution < -0.4 is 0 Å². The summed E-state index contributed by atoms with van der Waals surface area (Å²) in [7, 11) is 1.80. The number of amides is 1. The maximum Gasteiger partial charge on any atom is 0.226 e. The van der Waals surface area contributed by atoms with Gasteiger partial charge in [-0.1, -0.05) is 6.92 Å². The largest absolute Gasteiger partial charge is 0.339 e. The van der Waals surface area contributed by atoms with E-state index in [1.54, 1.807) is 24.3 Å². The Balaban J connectivity index is 2.75. The molecule has 0 bridgehead atoms. The second kappa shape index (κ2) is 5.85. The van der Waals surface area contributed by atoms with Gasteiger partial charge in [0, 0.05) is 31.2 Å². The minimum atomic E-state index is -0.143. The van der Waals surface area contributed by atoms with Gasteiger partial charge in [0.15, 0.2) is 0 Å². The van der Waals surface area contributed by atoms with Gasteiger partial charge in [-0.2, -0.15) is 0 Å². The van der Waals surface area contributed by atoms with Crippen molar-refractivity contribution in [2.75, 3.05) is 12.9 Å². The van der Waals surface area contributed by atoms with Gasteiger partial charge in [-0.05, 0) is 24.6 Å². The first kappa shape index (κ1) is 13.0. The highest BCUT2D eigenvalue weighted by Gasteiger charge is 2.21. The van der Waals surface area contributed by atoms with Crippen LogP contribution in [-0.2, 0) is 4.79 Å². The van der Waals surface area contributed by atoms with Crippen molar-refractivity contribution < 1.29 is 4.79 Å². The summed E-state index contributed by atoms with van der Waals surface area (Å²) in [5.41, 5.74) is 1.08. The zero-order chi connectivity index (χ0) is 12.1. The fourth-order valence-electron chi connectivity index (χ4n) is 1.47. The first-order chi connectivity index (χ1) is 7.57. The van der Waals surface area contributed by atoms with Crippen LogP contribution in [0.15, 0.2) is 24.5 Å². The highest BCUT2D eigenvalue weighted by atomic mass is 35.5. The molecule has 2 atom stereocenters. The second-order valence-corrected chi connectivity index (χ2v) is 4.27. The van der Waals surface area contributed by atoms with Crippen LogP contribution in [0.4, 0.5) is 0 Å². The third-order valence-corrected chi connectivity index (χ3v) is 3.23. The Kier molecular flexibility index (Phi) is 4.74. The molecule has 0 aliphatic carbocycles. The zero-order valence-electron chi connectivity index (χ0n) is 9.85. The standard InChI is InChI=1S/C12H17ClN2O/c1-9(8-13)12(16)15(3)10(2)11-4-6-14-7-5-11/h4-7,9-10H,8H2,1-3H3. The molecular weight excluding hydrogens is 224 g/mol. The normalized spacial score (nSPS) is 14.2. The average molecular weight is 241 g/mol. The van der Waals surface area contributed by atoms with Gasteiger partial charge in [-0.15, -0.1) is 11.6 Å². The monoisotopic (exact) mass is 240 g/mol. The van der Waals surface area contributed by atoms with Crippen LogP contribution >= 0.6 is 11.6 Å². The van der Waals surface area contributed by atoms with Gasteiger partial charge < -0.3 is 4.90 Å². The molecule has 0 spiro atoms. The number of halogens is 1. The van der Waals surface area contributed by atoms with Crippen molar-refractivity contribution in [3.63, 3.8) is 0 Å². The smallest absolute Gasteiger partial charge is 0.226 e. The van der Waals surface area contributed by atoms with E-state index in [4.69, 9.17) is 11.6 Å². The first-order valence-electron chi connectivity index (χ1n) is 5.30. The van der Waals surface area contributed by atoms with Gasteiger partial charge in [0.1, 0.15) is 0 Å². The summed E-state index contributed by atoms with van der Waals surface area (Å²) in [5, 5.41) is 0. The fraction of sp³-hybridized carbons (Fsp3) is 0.500. The van der Waals surface area contributed by atoms with E-state index in [9.17, 15) is 4.79 Å². The fourth-order valence-corrected chi connectivity index (χ4v) is 1.60. The van der Waals surface area contributed by atoms with Crippen molar-refractivity contribution in [1.29, 1.82) is 0 Å². The molecule has 1 rings (SSSR count). The molecule has 0 N–H and O–H groups in total. The van der Waals surface area contributed by atoms with Gasteiger partial charge >= 0.3 is 0 Å². The topological polar surface area (TPSA) is 33.2 Å². The molecule has 0 aliphatic rings. The Hall–Kier alpha value is -1.09. The Labute approximate surface area is 101 Å². The molecule has 16 heavy (non-hydrogen) atoms. The number of alkyl halides is 1. The molecule has 0 saturated heterocycles. The number of aromatic nitrogens is 1. The highest BCUT2D eigenvalue weighted by molar-refractivity contribution is 6.19.